The molecule has 0 aliphatic rings. The quantitative estimate of drug-likeness (QED) is 0.557. The highest BCUT2D eigenvalue weighted by Crippen LogP contribution is 2.15. The van der Waals surface area contributed by atoms with Gasteiger partial charge in [-0.2, -0.15) is 0 Å². The van der Waals surface area contributed by atoms with Crippen LogP contribution in [-0.2, 0) is 0 Å². The fourth-order valence-electron chi connectivity index (χ4n) is 1.89. The highest BCUT2D eigenvalue weighted by Gasteiger charge is 2.22. The van der Waals surface area contributed by atoms with Crippen molar-refractivity contribution >= 4 is 17.3 Å². The van der Waals surface area contributed by atoms with Gasteiger partial charge in [-0.15, -0.1) is 0 Å². The molecule has 1 atom stereocenters. The molecular weight excluding hydrogens is 244 g/mol. The summed E-state index contributed by atoms with van der Waals surface area (Å²) in [6, 6.07) is 4.72. The number of carbonyl (C=O) groups is 1. The van der Waals surface area contributed by atoms with Crippen molar-refractivity contribution in [1.29, 1.82) is 0 Å². The van der Waals surface area contributed by atoms with Crippen LogP contribution in [-0.4, -0.2) is 48.7 Å². The highest BCUT2D eigenvalue weighted by molar-refractivity contribution is 5.99. The molecule has 0 spiro atoms. The van der Waals surface area contributed by atoms with Gasteiger partial charge in [0.1, 0.15) is 0 Å². The second kappa shape index (κ2) is 5.90. The first-order valence-corrected chi connectivity index (χ1v) is 6.01. The number of anilines is 2. The van der Waals surface area contributed by atoms with Gasteiger partial charge >= 0.3 is 0 Å². The van der Waals surface area contributed by atoms with Crippen LogP contribution in [0.25, 0.3) is 0 Å². The molecule has 0 aliphatic carbocycles. The van der Waals surface area contributed by atoms with Crippen LogP contribution in [0.5, 0.6) is 0 Å². The minimum Gasteiger partial charge on any atom is -0.399 e. The molecule has 1 rings (SSSR count). The molecule has 0 fully saturated rings. The Morgan fingerprint density at radius 2 is 2.05 bits per heavy atom. The fraction of sp³-hybridized carbons (Fsp3) is 0.462. The maximum Gasteiger partial charge on any atom is 0.253 e. The standard InChI is InChI=1S/C13H22N4O2/c1-13(19,8-17(2)3)7-16-12(18)10-5-4-9(14)6-11(10)15/h4-6,19H,7-8,14-15H2,1-3H3,(H,16,18). The third kappa shape index (κ3) is 4.76. The lowest BCUT2D eigenvalue weighted by molar-refractivity contribution is 0.0326. The second-order valence-electron chi connectivity index (χ2n) is 5.26. The van der Waals surface area contributed by atoms with Crippen LogP contribution in [0.4, 0.5) is 11.4 Å². The molecule has 0 aromatic heterocycles. The van der Waals surface area contributed by atoms with Crippen molar-refractivity contribution in [1.82, 2.24) is 10.2 Å². The molecule has 0 saturated heterocycles. The summed E-state index contributed by atoms with van der Waals surface area (Å²) >= 11 is 0. The summed E-state index contributed by atoms with van der Waals surface area (Å²) in [5, 5.41) is 12.8. The zero-order valence-corrected chi connectivity index (χ0v) is 11.6. The topological polar surface area (TPSA) is 105 Å². The number of aliphatic hydroxyl groups is 1. The van der Waals surface area contributed by atoms with Crippen molar-refractivity contribution in [3.8, 4) is 0 Å². The minimum absolute atomic E-state index is 0.147. The first-order valence-electron chi connectivity index (χ1n) is 6.01. The van der Waals surface area contributed by atoms with E-state index in [1.54, 1.807) is 19.1 Å². The number of nitrogen functional groups attached to an aromatic ring is 2. The van der Waals surface area contributed by atoms with Crippen molar-refractivity contribution in [2.75, 3.05) is 38.7 Å². The SMILES string of the molecule is CN(C)CC(C)(O)CNC(=O)c1ccc(N)cc1N. The van der Waals surface area contributed by atoms with Gasteiger partial charge in [-0.3, -0.25) is 4.79 Å². The molecule has 1 aromatic rings. The van der Waals surface area contributed by atoms with Crippen LogP contribution in [0, 0.1) is 0 Å². The number of likely N-dealkylation sites (N-methyl/N-ethyl adjacent to an activating group) is 1. The number of hydrogen-bond acceptors (Lipinski definition) is 5. The Balaban J connectivity index is 2.65. The van der Waals surface area contributed by atoms with Gasteiger partial charge in [-0.05, 0) is 39.2 Å². The smallest absolute Gasteiger partial charge is 0.253 e. The lowest BCUT2D eigenvalue weighted by atomic mass is 10.1. The number of nitrogens with zero attached hydrogens (tertiary/aromatic N) is 1. The van der Waals surface area contributed by atoms with Gasteiger partial charge in [-0.25, -0.2) is 0 Å². The third-order valence-electron chi connectivity index (χ3n) is 2.61. The summed E-state index contributed by atoms with van der Waals surface area (Å²) in [5.41, 5.74) is 11.5. The number of benzene rings is 1. The van der Waals surface area contributed by atoms with E-state index in [1.165, 1.54) is 6.07 Å². The van der Waals surface area contributed by atoms with E-state index in [-0.39, 0.29) is 12.5 Å². The molecule has 0 radical (unpaired) electrons. The average Bonchev–Trinajstić information content (AvgIpc) is 2.24. The number of amides is 1. The Kier molecular flexibility index (Phi) is 4.74. The molecule has 106 valence electrons. The predicted molar refractivity (Wildman–Crippen MR) is 76.8 cm³/mol. The maximum atomic E-state index is 12.0. The van der Waals surface area contributed by atoms with Crippen molar-refractivity contribution < 1.29 is 9.90 Å². The van der Waals surface area contributed by atoms with Crippen molar-refractivity contribution in [3.05, 3.63) is 23.8 Å². The lowest BCUT2D eigenvalue weighted by Crippen LogP contribution is -2.47. The third-order valence-corrected chi connectivity index (χ3v) is 2.61. The average molecular weight is 266 g/mol. The summed E-state index contributed by atoms with van der Waals surface area (Å²) in [6.07, 6.45) is 0. The molecule has 6 heteroatoms. The molecule has 0 bridgehead atoms. The van der Waals surface area contributed by atoms with Gasteiger partial charge in [0.15, 0.2) is 0 Å². The first kappa shape index (κ1) is 15.3. The summed E-state index contributed by atoms with van der Waals surface area (Å²) in [6.45, 7) is 2.26. The summed E-state index contributed by atoms with van der Waals surface area (Å²) in [4.78, 5) is 13.8. The van der Waals surface area contributed by atoms with Gasteiger partial charge in [0.2, 0.25) is 0 Å². The van der Waals surface area contributed by atoms with Gasteiger partial charge in [-0.1, -0.05) is 0 Å². The molecule has 6 N–H and O–H groups in total. The van der Waals surface area contributed by atoms with Crippen molar-refractivity contribution in [3.63, 3.8) is 0 Å². The Labute approximate surface area is 113 Å². The number of hydrogen-bond donors (Lipinski definition) is 4. The molecule has 0 aliphatic heterocycles. The number of carbonyl (C=O) groups excluding carboxylic acids is 1. The van der Waals surface area contributed by atoms with E-state index in [1.807, 2.05) is 19.0 Å². The van der Waals surface area contributed by atoms with Crippen molar-refractivity contribution in [2.24, 2.45) is 0 Å². The second-order valence-corrected chi connectivity index (χ2v) is 5.26. The number of nitrogens with one attached hydrogen (secondary N) is 1. The van der Waals surface area contributed by atoms with Crippen LogP contribution >= 0.6 is 0 Å². The Bertz CT molecular complexity index is 458. The van der Waals surface area contributed by atoms with E-state index in [0.29, 0.717) is 23.5 Å². The Morgan fingerprint density at radius 3 is 2.58 bits per heavy atom. The summed E-state index contributed by atoms with van der Waals surface area (Å²) in [5.74, 6) is -0.323. The molecule has 1 aromatic carbocycles. The first-order chi connectivity index (χ1) is 8.71. The maximum absolute atomic E-state index is 12.0. The van der Waals surface area contributed by atoms with Crippen LogP contribution in [0.15, 0.2) is 18.2 Å². The minimum atomic E-state index is -0.998. The monoisotopic (exact) mass is 266 g/mol. The Hall–Kier alpha value is -1.79. The molecule has 19 heavy (non-hydrogen) atoms. The molecular formula is C13H22N4O2. The highest BCUT2D eigenvalue weighted by atomic mass is 16.3. The van der Waals surface area contributed by atoms with E-state index < -0.39 is 5.60 Å². The van der Waals surface area contributed by atoms with E-state index in [4.69, 9.17) is 11.5 Å². The van der Waals surface area contributed by atoms with Crippen LogP contribution in [0.2, 0.25) is 0 Å². The van der Waals surface area contributed by atoms with Gasteiger partial charge in [0.25, 0.3) is 5.91 Å². The van der Waals surface area contributed by atoms with Crippen LogP contribution < -0.4 is 16.8 Å². The van der Waals surface area contributed by atoms with Crippen LogP contribution in [0.3, 0.4) is 0 Å². The molecule has 1 unspecified atom stereocenters. The lowest BCUT2D eigenvalue weighted by Gasteiger charge is -2.27. The number of nitrogens with two attached hydrogens (primary N) is 2. The number of rotatable bonds is 5. The summed E-state index contributed by atoms with van der Waals surface area (Å²) in [7, 11) is 3.71. The molecule has 0 heterocycles. The van der Waals surface area contributed by atoms with Crippen LogP contribution in [0.1, 0.15) is 17.3 Å². The van der Waals surface area contributed by atoms with Gasteiger partial charge < -0.3 is 26.8 Å². The van der Waals surface area contributed by atoms with E-state index >= 15 is 0 Å². The van der Waals surface area contributed by atoms with Gasteiger partial charge in [0.05, 0.1) is 11.2 Å². The molecule has 1 amide bonds. The van der Waals surface area contributed by atoms with Gasteiger partial charge in [0, 0.05) is 24.5 Å². The van der Waals surface area contributed by atoms with E-state index in [2.05, 4.69) is 5.32 Å². The molecule has 0 saturated carbocycles. The zero-order chi connectivity index (χ0) is 14.6. The summed E-state index contributed by atoms with van der Waals surface area (Å²) < 4.78 is 0. The fourth-order valence-corrected chi connectivity index (χ4v) is 1.89. The van der Waals surface area contributed by atoms with E-state index in [9.17, 15) is 9.90 Å². The van der Waals surface area contributed by atoms with E-state index in [0.717, 1.165) is 0 Å². The zero-order valence-electron chi connectivity index (χ0n) is 11.6. The Morgan fingerprint density at radius 1 is 1.42 bits per heavy atom. The largest absolute Gasteiger partial charge is 0.399 e. The normalized spacial score (nSPS) is 14.2. The van der Waals surface area contributed by atoms with Crippen molar-refractivity contribution in [2.45, 2.75) is 12.5 Å². The molecule has 6 nitrogen and oxygen atoms in total. The predicted octanol–water partition coefficient (Wildman–Crippen LogP) is -0.107.